The lowest BCUT2D eigenvalue weighted by atomic mass is 9.96. The van der Waals surface area contributed by atoms with Gasteiger partial charge in [-0.3, -0.25) is 0 Å². The molecule has 2 nitrogen and oxygen atoms in total. The summed E-state index contributed by atoms with van der Waals surface area (Å²) >= 11 is 0. The van der Waals surface area contributed by atoms with Crippen LogP contribution in [0, 0.1) is 5.92 Å². The molecule has 1 fully saturated rings. The van der Waals surface area contributed by atoms with Crippen LogP contribution in [0.2, 0.25) is 0 Å². The molecule has 0 spiro atoms. The first kappa shape index (κ1) is 15.2. The lowest BCUT2D eigenvalue weighted by molar-refractivity contribution is -0.137. The third-order valence-corrected chi connectivity index (χ3v) is 3.97. The number of piperidine rings is 1. The standard InChI is InChI=1S/C15H21F3N2/c1-2-20-9-7-12(8-10-20)11-19-14-6-4-3-5-13(14)15(16,17)18/h3-6,12,19H,2,7-11H2,1H3. The zero-order chi connectivity index (χ0) is 14.6. The number of benzene rings is 1. The minimum Gasteiger partial charge on any atom is -0.384 e. The lowest BCUT2D eigenvalue weighted by Crippen LogP contribution is -2.35. The highest BCUT2D eigenvalue weighted by molar-refractivity contribution is 5.52. The molecule has 1 saturated heterocycles. The second-order valence-corrected chi connectivity index (χ2v) is 5.30. The second kappa shape index (κ2) is 6.48. The van der Waals surface area contributed by atoms with Gasteiger partial charge in [-0.15, -0.1) is 0 Å². The maximum absolute atomic E-state index is 12.9. The number of rotatable bonds is 4. The van der Waals surface area contributed by atoms with Crippen molar-refractivity contribution < 1.29 is 13.2 Å². The van der Waals surface area contributed by atoms with Crippen molar-refractivity contribution >= 4 is 5.69 Å². The molecule has 1 aliphatic rings. The molecule has 0 radical (unpaired) electrons. The molecule has 0 saturated carbocycles. The highest BCUT2D eigenvalue weighted by Crippen LogP contribution is 2.34. The Morgan fingerprint density at radius 1 is 1.20 bits per heavy atom. The Hall–Kier alpha value is -1.23. The van der Waals surface area contributed by atoms with Crippen LogP contribution >= 0.6 is 0 Å². The van der Waals surface area contributed by atoms with E-state index in [1.807, 2.05) is 0 Å². The summed E-state index contributed by atoms with van der Waals surface area (Å²) < 4.78 is 38.6. The van der Waals surface area contributed by atoms with E-state index in [-0.39, 0.29) is 5.69 Å². The van der Waals surface area contributed by atoms with Crippen molar-refractivity contribution in [1.29, 1.82) is 0 Å². The third kappa shape index (κ3) is 3.88. The molecule has 0 unspecified atom stereocenters. The summed E-state index contributed by atoms with van der Waals surface area (Å²) in [4.78, 5) is 2.38. The SMILES string of the molecule is CCN1CCC(CNc2ccccc2C(F)(F)F)CC1. The van der Waals surface area contributed by atoms with Crippen molar-refractivity contribution in [3.63, 3.8) is 0 Å². The molecule has 112 valence electrons. The molecular formula is C15H21F3N2. The number of hydrogen-bond donors (Lipinski definition) is 1. The van der Waals surface area contributed by atoms with E-state index in [4.69, 9.17) is 0 Å². The van der Waals surface area contributed by atoms with Crippen LogP contribution in [-0.2, 0) is 6.18 Å². The Labute approximate surface area is 118 Å². The first-order valence-corrected chi connectivity index (χ1v) is 7.13. The van der Waals surface area contributed by atoms with Gasteiger partial charge in [-0.05, 0) is 50.5 Å². The largest absolute Gasteiger partial charge is 0.418 e. The third-order valence-electron chi connectivity index (χ3n) is 3.97. The molecule has 0 atom stereocenters. The molecule has 1 aromatic rings. The van der Waals surface area contributed by atoms with Crippen LogP contribution in [0.3, 0.4) is 0 Å². The Balaban J connectivity index is 1.92. The van der Waals surface area contributed by atoms with Crippen molar-refractivity contribution in [2.75, 3.05) is 31.5 Å². The fraction of sp³-hybridized carbons (Fsp3) is 0.600. The molecule has 1 N–H and O–H groups in total. The zero-order valence-electron chi connectivity index (χ0n) is 11.7. The van der Waals surface area contributed by atoms with E-state index in [9.17, 15) is 13.2 Å². The van der Waals surface area contributed by atoms with E-state index in [1.54, 1.807) is 6.07 Å². The summed E-state index contributed by atoms with van der Waals surface area (Å²) in [7, 11) is 0. The van der Waals surface area contributed by atoms with Crippen molar-refractivity contribution in [1.82, 2.24) is 4.90 Å². The van der Waals surface area contributed by atoms with Crippen LogP contribution in [0.5, 0.6) is 0 Å². The number of hydrogen-bond acceptors (Lipinski definition) is 2. The van der Waals surface area contributed by atoms with Gasteiger partial charge >= 0.3 is 6.18 Å². The average molecular weight is 286 g/mol. The molecule has 1 aliphatic heterocycles. The van der Waals surface area contributed by atoms with E-state index in [2.05, 4.69) is 17.1 Å². The van der Waals surface area contributed by atoms with Gasteiger partial charge in [-0.1, -0.05) is 19.1 Å². The van der Waals surface area contributed by atoms with Gasteiger partial charge in [0.25, 0.3) is 0 Å². The molecule has 5 heteroatoms. The van der Waals surface area contributed by atoms with Crippen molar-refractivity contribution in [3.05, 3.63) is 29.8 Å². The topological polar surface area (TPSA) is 15.3 Å². The van der Waals surface area contributed by atoms with Crippen LogP contribution in [0.15, 0.2) is 24.3 Å². The summed E-state index contributed by atoms with van der Waals surface area (Å²) in [6, 6.07) is 5.69. The van der Waals surface area contributed by atoms with Crippen molar-refractivity contribution in [2.24, 2.45) is 5.92 Å². The number of para-hydroxylation sites is 1. The van der Waals surface area contributed by atoms with E-state index < -0.39 is 11.7 Å². The normalized spacial score (nSPS) is 18.2. The van der Waals surface area contributed by atoms with Crippen LogP contribution < -0.4 is 5.32 Å². The molecular weight excluding hydrogens is 265 g/mol. The second-order valence-electron chi connectivity index (χ2n) is 5.30. The number of halogens is 3. The summed E-state index contributed by atoms with van der Waals surface area (Å²) in [6.07, 6.45) is -2.20. The van der Waals surface area contributed by atoms with Gasteiger partial charge in [-0.2, -0.15) is 13.2 Å². The molecule has 20 heavy (non-hydrogen) atoms. The zero-order valence-corrected chi connectivity index (χ0v) is 11.7. The van der Waals surface area contributed by atoms with Gasteiger partial charge in [0.2, 0.25) is 0 Å². The fourth-order valence-corrected chi connectivity index (χ4v) is 2.65. The Bertz CT molecular complexity index is 423. The Kier molecular flexibility index (Phi) is 4.91. The molecule has 0 aromatic heterocycles. The van der Waals surface area contributed by atoms with Crippen molar-refractivity contribution in [3.8, 4) is 0 Å². The lowest BCUT2D eigenvalue weighted by Gasteiger charge is -2.31. The molecule has 1 aromatic carbocycles. The number of nitrogens with one attached hydrogen (secondary N) is 1. The van der Waals surface area contributed by atoms with Gasteiger partial charge in [0.1, 0.15) is 0 Å². The molecule has 0 aliphatic carbocycles. The highest BCUT2D eigenvalue weighted by atomic mass is 19.4. The van der Waals surface area contributed by atoms with Crippen LogP contribution in [0.1, 0.15) is 25.3 Å². The van der Waals surface area contributed by atoms with Gasteiger partial charge < -0.3 is 10.2 Å². The average Bonchev–Trinajstić information content (AvgIpc) is 2.45. The quantitative estimate of drug-likeness (QED) is 0.904. The number of alkyl halides is 3. The Morgan fingerprint density at radius 2 is 1.85 bits per heavy atom. The van der Waals surface area contributed by atoms with E-state index in [0.29, 0.717) is 12.5 Å². The maximum atomic E-state index is 12.9. The van der Waals surface area contributed by atoms with Gasteiger partial charge in [-0.25, -0.2) is 0 Å². The molecule has 1 heterocycles. The van der Waals surface area contributed by atoms with Gasteiger partial charge in [0, 0.05) is 12.2 Å². The van der Waals surface area contributed by atoms with E-state index in [0.717, 1.165) is 38.5 Å². The number of anilines is 1. The minimum absolute atomic E-state index is 0.193. The summed E-state index contributed by atoms with van der Waals surface area (Å²) in [5.41, 5.74) is -0.385. The van der Waals surface area contributed by atoms with E-state index >= 15 is 0 Å². The van der Waals surface area contributed by atoms with Crippen molar-refractivity contribution in [2.45, 2.75) is 25.9 Å². The number of likely N-dealkylation sites (tertiary alicyclic amines) is 1. The van der Waals surface area contributed by atoms with Crippen LogP contribution in [0.25, 0.3) is 0 Å². The first-order chi connectivity index (χ1) is 9.50. The molecule has 0 bridgehead atoms. The first-order valence-electron chi connectivity index (χ1n) is 7.13. The summed E-state index contributed by atoms with van der Waals surface area (Å²) in [5.74, 6) is 0.457. The number of nitrogens with zero attached hydrogens (tertiary/aromatic N) is 1. The fourth-order valence-electron chi connectivity index (χ4n) is 2.65. The molecule has 2 rings (SSSR count). The van der Waals surface area contributed by atoms with Crippen LogP contribution in [0.4, 0.5) is 18.9 Å². The monoisotopic (exact) mass is 286 g/mol. The Morgan fingerprint density at radius 3 is 2.45 bits per heavy atom. The van der Waals surface area contributed by atoms with Gasteiger partial charge in [0.05, 0.1) is 5.56 Å². The minimum atomic E-state index is -4.30. The predicted molar refractivity (Wildman–Crippen MR) is 74.8 cm³/mol. The highest BCUT2D eigenvalue weighted by Gasteiger charge is 2.33. The van der Waals surface area contributed by atoms with Gasteiger partial charge in [0.15, 0.2) is 0 Å². The van der Waals surface area contributed by atoms with Crippen LogP contribution in [-0.4, -0.2) is 31.1 Å². The molecule has 0 amide bonds. The maximum Gasteiger partial charge on any atom is 0.418 e. The smallest absolute Gasteiger partial charge is 0.384 e. The predicted octanol–water partition coefficient (Wildman–Crippen LogP) is 3.85. The summed E-state index contributed by atoms with van der Waals surface area (Å²) in [6.45, 7) is 5.90. The summed E-state index contributed by atoms with van der Waals surface area (Å²) in [5, 5.41) is 2.98. The van der Waals surface area contributed by atoms with E-state index in [1.165, 1.54) is 12.1 Å².